The maximum Gasteiger partial charge on any atom is 0.338 e. The molecule has 2 aromatic rings. The van der Waals surface area contributed by atoms with Crippen LogP contribution in [0.2, 0.25) is 0 Å². The van der Waals surface area contributed by atoms with E-state index in [4.69, 9.17) is 4.74 Å². The summed E-state index contributed by atoms with van der Waals surface area (Å²) >= 11 is 0. The van der Waals surface area contributed by atoms with Crippen LogP contribution in [0.25, 0.3) is 0 Å². The van der Waals surface area contributed by atoms with Gasteiger partial charge >= 0.3 is 5.97 Å². The molecule has 0 aliphatic heterocycles. The van der Waals surface area contributed by atoms with Crippen LogP contribution < -0.4 is 10.6 Å². The fourth-order valence-corrected chi connectivity index (χ4v) is 2.48. The molecule has 2 rings (SSSR count). The summed E-state index contributed by atoms with van der Waals surface area (Å²) in [5.41, 5.74) is 1.21. The second kappa shape index (κ2) is 10.8. The highest BCUT2D eigenvalue weighted by molar-refractivity contribution is 6.09. The largest absolute Gasteiger partial charge is 0.452 e. The number of amides is 2. The third-order valence-electron chi connectivity index (χ3n) is 4.07. The van der Waals surface area contributed by atoms with Crippen LogP contribution in [-0.4, -0.2) is 42.8 Å². The highest BCUT2D eigenvalue weighted by Crippen LogP contribution is 2.11. The van der Waals surface area contributed by atoms with Gasteiger partial charge in [0.05, 0.1) is 5.56 Å². The van der Waals surface area contributed by atoms with Gasteiger partial charge in [0.2, 0.25) is 5.91 Å². The lowest BCUT2D eigenvalue weighted by Crippen LogP contribution is -2.46. The van der Waals surface area contributed by atoms with Crippen molar-refractivity contribution in [2.75, 3.05) is 13.2 Å². The van der Waals surface area contributed by atoms with E-state index in [1.165, 1.54) is 24.3 Å². The van der Waals surface area contributed by atoms with Gasteiger partial charge in [0.15, 0.2) is 12.4 Å². The Bertz CT molecular complexity index is 863. The first kappa shape index (κ1) is 21.8. The number of ketones is 1. The predicted molar refractivity (Wildman–Crippen MR) is 108 cm³/mol. The zero-order valence-electron chi connectivity index (χ0n) is 16.4. The average molecular weight is 396 g/mol. The summed E-state index contributed by atoms with van der Waals surface area (Å²) in [6.45, 7) is 3.49. The quantitative estimate of drug-likeness (QED) is 0.499. The molecule has 2 N–H and O–H groups in total. The van der Waals surface area contributed by atoms with Gasteiger partial charge in [-0.1, -0.05) is 49.4 Å². The zero-order valence-corrected chi connectivity index (χ0v) is 16.4. The van der Waals surface area contributed by atoms with Crippen molar-refractivity contribution in [3.05, 3.63) is 71.3 Å². The number of esters is 1. The zero-order chi connectivity index (χ0) is 21.2. The predicted octanol–water partition coefficient (Wildman–Crippen LogP) is 2.11. The molecule has 1 atom stereocenters. The van der Waals surface area contributed by atoms with Crippen molar-refractivity contribution in [1.29, 1.82) is 0 Å². The first-order chi connectivity index (χ1) is 13.9. The molecule has 0 radical (unpaired) electrons. The molecule has 29 heavy (non-hydrogen) atoms. The number of carbonyl (C=O) groups excluding carboxylic acids is 4. The van der Waals surface area contributed by atoms with Crippen LogP contribution in [-0.2, 0) is 14.3 Å². The number of hydrogen-bond donors (Lipinski definition) is 2. The summed E-state index contributed by atoms with van der Waals surface area (Å²) < 4.78 is 4.97. The minimum atomic E-state index is -0.726. The minimum absolute atomic E-state index is 0.153. The SMILES string of the molecule is CCCNC(=O)[C@@H](C)NC(=O)COC(=O)c1ccc(C(=O)c2ccccc2)cc1. The van der Waals surface area contributed by atoms with Crippen LogP contribution in [0.15, 0.2) is 54.6 Å². The monoisotopic (exact) mass is 396 g/mol. The van der Waals surface area contributed by atoms with E-state index in [2.05, 4.69) is 10.6 Å². The molecule has 0 aliphatic carbocycles. The molecule has 2 aromatic carbocycles. The second-order valence-electron chi connectivity index (χ2n) is 6.43. The van der Waals surface area contributed by atoms with Crippen LogP contribution in [0.1, 0.15) is 46.5 Å². The van der Waals surface area contributed by atoms with Gasteiger partial charge in [-0.25, -0.2) is 4.79 Å². The summed E-state index contributed by atoms with van der Waals surface area (Å²) in [4.78, 5) is 48.0. The normalized spacial score (nSPS) is 11.2. The Morgan fingerprint density at radius 2 is 1.48 bits per heavy atom. The number of benzene rings is 2. The lowest BCUT2D eigenvalue weighted by Gasteiger charge is -2.13. The Morgan fingerprint density at radius 1 is 0.897 bits per heavy atom. The molecular formula is C22H24N2O5. The van der Waals surface area contributed by atoms with Crippen LogP contribution in [0, 0.1) is 0 Å². The average Bonchev–Trinajstić information content (AvgIpc) is 2.75. The van der Waals surface area contributed by atoms with Crippen molar-refractivity contribution in [3.63, 3.8) is 0 Å². The molecule has 0 saturated heterocycles. The van der Waals surface area contributed by atoms with Crippen molar-refractivity contribution in [1.82, 2.24) is 10.6 Å². The summed E-state index contributed by atoms with van der Waals surface area (Å²) in [6, 6.07) is 14.1. The number of ether oxygens (including phenoxy) is 1. The molecule has 0 saturated carbocycles. The fourth-order valence-electron chi connectivity index (χ4n) is 2.48. The van der Waals surface area contributed by atoms with Crippen molar-refractivity contribution in [2.24, 2.45) is 0 Å². The van der Waals surface area contributed by atoms with Crippen molar-refractivity contribution < 1.29 is 23.9 Å². The van der Waals surface area contributed by atoms with Crippen LogP contribution >= 0.6 is 0 Å². The topological polar surface area (TPSA) is 102 Å². The fraction of sp³-hybridized carbons (Fsp3) is 0.273. The van der Waals surface area contributed by atoms with Gasteiger partial charge in [0.1, 0.15) is 6.04 Å². The first-order valence-corrected chi connectivity index (χ1v) is 9.36. The third-order valence-corrected chi connectivity index (χ3v) is 4.07. The lowest BCUT2D eigenvalue weighted by atomic mass is 10.0. The third kappa shape index (κ3) is 6.57. The van der Waals surface area contributed by atoms with E-state index >= 15 is 0 Å². The number of nitrogens with one attached hydrogen (secondary N) is 2. The van der Waals surface area contributed by atoms with Gasteiger partial charge in [0.25, 0.3) is 5.91 Å². The summed E-state index contributed by atoms with van der Waals surface area (Å²) in [5.74, 6) is -1.72. The Balaban J connectivity index is 1.85. The molecule has 2 amide bonds. The summed E-state index contributed by atoms with van der Waals surface area (Å²) in [6.07, 6.45) is 0.791. The van der Waals surface area contributed by atoms with E-state index < -0.39 is 24.5 Å². The molecule has 0 heterocycles. The molecular weight excluding hydrogens is 372 g/mol. The second-order valence-corrected chi connectivity index (χ2v) is 6.43. The van der Waals surface area contributed by atoms with E-state index in [0.717, 1.165) is 6.42 Å². The molecule has 0 fully saturated rings. The summed E-state index contributed by atoms with van der Waals surface area (Å²) in [7, 11) is 0. The molecule has 0 spiro atoms. The van der Waals surface area contributed by atoms with E-state index in [1.54, 1.807) is 31.2 Å². The first-order valence-electron chi connectivity index (χ1n) is 9.36. The van der Waals surface area contributed by atoms with Gasteiger partial charge in [-0.2, -0.15) is 0 Å². The molecule has 152 valence electrons. The highest BCUT2D eigenvalue weighted by atomic mass is 16.5. The van der Waals surface area contributed by atoms with Gasteiger partial charge in [-0.3, -0.25) is 14.4 Å². The lowest BCUT2D eigenvalue weighted by molar-refractivity contribution is -0.130. The van der Waals surface area contributed by atoms with Crippen molar-refractivity contribution in [3.8, 4) is 0 Å². The van der Waals surface area contributed by atoms with Gasteiger partial charge in [-0.15, -0.1) is 0 Å². The van der Waals surface area contributed by atoms with E-state index in [9.17, 15) is 19.2 Å². The molecule has 0 aromatic heterocycles. The minimum Gasteiger partial charge on any atom is -0.452 e. The van der Waals surface area contributed by atoms with E-state index in [-0.39, 0.29) is 17.3 Å². The van der Waals surface area contributed by atoms with Gasteiger partial charge in [-0.05, 0) is 25.5 Å². The molecule has 0 unspecified atom stereocenters. The smallest absolute Gasteiger partial charge is 0.338 e. The maximum atomic E-state index is 12.4. The molecule has 0 bridgehead atoms. The van der Waals surface area contributed by atoms with Crippen LogP contribution in [0.4, 0.5) is 0 Å². The summed E-state index contributed by atoms with van der Waals surface area (Å²) in [5, 5.41) is 5.13. The van der Waals surface area contributed by atoms with E-state index in [1.807, 2.05) is 13.0 Å². The van der Waals surface area contributed by atoms with Crippen molar-refractivity contribution in [2.45, 2.75) is 26.3 Å². The van der Waals surface area contributed by atoms with Crippen LogP contribution in [0.5, 0.6) is 0 Å². The van der Waals surface area contributed by atoms with Crippen LogP contribution in [0.3, 0.4) is 0 Å². The van der Waals surface area contributed by atoms with E-state index in [0.29, 0.717) is 17.7 Å². The Hall–Kier alpha value is -3.48. The Labute approximate surface area is 169 Å². The standard InChI is InChI=1S/C22H24N2O5/c1-3-13-23-21(27)15(2)24-19(25)14-29-22(28)18-11-9-17(10-12-18)20(26)16-7-5-4-6-8-16/h4-12,15H,3,13-14H2,1-2H3,(H,23,27)(H,24,25)/t15-/m1/s1. The molecule has 0 aliphatic rings. The molecule has 7 heteroatoms. The highest BCUT2D eigenvalue weighted by Gasteiger charge is 2.17. The van der Waals surface area contributed by atoms with Gasteiger partial charge in [0, 0.05) is 17.7 Å². The number of hydrogen-bond acceptors (Lipinski definition) is 5. The number of carbonyl (C=O) groups is 4. The Kier molecular flexibility index (Phi) is 8.09. The Morgan fingerprint density at radius 3 is 2.10 bits per heavy atom. The number of rotatable bonds is 9. The molecule has 7 nitrogen and oxygen atoms in total. The maximum absolute atomic E-state index is 12.4. The van der Waals surface area contributed by atoms with Crippen molar-refractivity contribution >= 4 is 23.6 Å². The van der Waals surface area contributed by atoms with Gasteiger partial charge < -0.3 is 15.4 Å².